The molecule has 26 heavy (non-hydrogen) atoms. The largest absolute Gasteiger partial charge is 0.349 e. The van der Waals surface area contributed by atoms with Crippen molar-refractivity contribution in [3.63, 3.8) is 0 Å². The van der Waals surface area contributed by atoms with Crippen molar-refractivity contribution in [2.75, 3.05) is 5.32 Å². The van der Waals surface area contributed by atoms with Crippen LogP contribution in [0.15, 0.2) is 51.2 Å². The highest BCUT2D eigenvalue weighted by Gasteiger charge is 2.21. The summed E-state index contributed by atoms with van der Waals surface area (Å²) in [6, 6.07) is 7.17. The first-order valence-electron chi connectivity index (χ1n) is 7.54. The van der Waals surface area contributed by atoms with E-state index >= 15 is 0 Å². The van der Waals surface area contributed by atoms with E-state index in [9.17, 15) is 8.78 Å². The molecule has 0 radical (unpaired) electrons. The first-order chi connectivity index (χ1) is 12.6. The maximum atomic E-state index is 14.1. The molecular formula is C17H11ClF2N4S2. The zero-order chi connectivity index (χ0) is 18.1. The van der Waals surface area contributed by atoms with Crippen molar-refractivity contribution in [2.24, 2.45) is 4.40 Å². The molecule has 0 atom stereocenters. The SMILES string of the molecule is Fc1cc2c(c(-c3cccc(F)c3Cl)c1)NC(NCc1nccs1)=NS2. The smallest absolute Gasteiger partial charge is 0.208 e. The lowest BCUT2D eigenvalue weighted by molar-refractivity contribution is 0.624. The van der Waals surface area contributed by atoms with Gasteiger partial charge in [0, 0.05) is 34.7 Å². The second kappa shape index (κ2) is 7.22. The van der Waals surface area contributed by atoms with Crippen LogP contribution in [0.2, 0.25) is 5.02 Å². The lowest BCUT2D eigenvalue weighted by Gasteiger charge is -2.22. The summed E-state index contributed by atoms with van der Waals surface area (Å²) < 4.78 is 32.2. The fraction of sp³-hybridized carbons (Fsp3) is 0.0588. The number of nitrogens with one attached hydrogen (secondary N) is 2. The van der Waals surface area contributed by atoms with E-state index in [1.165, 1.54) is 29.5 Å². The van der Waals surface area contributed by atoms with Crippen molar-refractivity contribution >= 4 is 46.5 Å². The number of rotatable bonds is 3. The van der Waals surface area contributed by atoms with Gasteiger partial charge in [-0.05, 0) is 18.2 Å². The maximum absolute atomic E-state index is 14.1. The molecule has 0 amide bonds. The van der Waals surface area contributed by atoms with Gasteiger partial charge in [-0.25, -0.2) is 13.8 Å². The molecule has 0 saturated heterocycles. The van der Waals surface area contributed by atoms with Crippen LogP contribution in [0.4, 0.5) is 14.5 Å². The predicted molar refractivity (Wildman–Crippen MR) is 103 cm³/mol. The van der Waals surface area contributed by atoms with Gasteiger partial charge in [0.2, 0.25) is 5.96 Å². The zero-order valence-corrected chi connectivity index (χ0v) is 15.5. The standard InChI is InChI=1S/C17H11ClF2N4S2/c18-15-10(2-1-3-12(15)20)11-6-9(19)7-13-16(11)23-17(24-26-13)22-8-14-21-4-5-25-14/h1-7H,8H2,(H2,22,23,24). The predicted octanol–water partition coefficient (Wildman–Crippen LogP) is 5.32. The fourth-order valence-electron chi connectivity index (χ4n) is 2.52. The number of benzene rings is 2. The average molecular weight is 409 g/mol. The maximum Gasteiger partial charge on any atom is 0.208 e. The van der Waals surface area contributed by atoms with Crippen LogP contribution in [-0.2, 0) is 6.54 Å². The van der Waals surface area contributed by atoms with Gasteiger partial charge < -0.3 is 10.6 Å². The van der Waals surface area contributed by atoms with E-state index in [2.05, 4.69) is 20.0 Å². The minimum absolute atomic E-state index is 0.0492. The summed E-state index contributed by atoms with van der Waals surface area (Å²) in [5.74, 6) is -0.484. The van der Waals surface area contributed by atoms with Crippen LogP contribution < -0.4 is 10.6 Å². The normalized spacial score (nSPS) is 13.0. The van der Waals surface area contributed by atoms with Gasteiger partial charge in [0.25, 0.3) is 0 Å². The summed E-state index contributed by atoms with van der Waals surface area (Å²) in [5, 5.41) is 9.06. The molecule has 0 saturated carbocycles. The summed E-state index contributed by atoms with van der Waals surface area (Å²) in [5.41, 5.74) is 1.51. The number of anilines is 1. The van der Waals surface area contributed by atoms with Crippen molar-refractivity contribution in [3.05, 3.63) is 63.6 Å². The fourth-order valence-corrected chi connectivity index (χ4v) is 4.02. The molecule has 4 rings (SSSR count). The number of hydrogen-bond donors (Lipinski definition) is 2. The molecule has 4 nitrogen and oxygen atoms in total. The van der Waals surface area contributed by atoms with E-state index in [0.29, 0.717) is 34.2 Å². The quantitative estimate of drug-likeness (QED) is 0.576. The Labute approximate surface area is 161 Å². The van der Waals surface area contributed by atoms with Gasteiger partial charge in [-0.2, -0.15) is 4.40 Å². The van der Waals surface area contributed by atoms with Crippen LogP contribution in [0.25, 0.3) is 11.1 Å². The molecule has 1 aliphatic rings. The first-order valence-corrected chi connectivity index (χ1v) is 9.57. The summed E-state index contributed by atoms with van der Waals surface area (Å²) in [6.07, 6.45) is 1.73. The minimum atomic E-state index is -0.554. The van der Waals surface area contributed by atoms with Gasteiger partial charge in [0.05, 0.1) is 22.2 Å². The molecule has 9 heteroatoms. The third-order valence-electron chi connectivity index (χ3n) is 3.68. The Balaban J connectivity index is 1.67. The Morgan fingerprint density at radius 2 is 2.08 bits per heavy atom. The molecule has 1 aliphatic heterocycles. The number of halogens is 3. The molecule has 2 N–H and O–H groups in total. The van der Waals surface area contributed by atoms with E-state index < -0.39 is 11.6 Å². The molecule has 2 heterocycles. The van der Waals surface area contributed by atoms with E-state index in [1.54, 1.807) is 18.3 Å². The van der Waals surface area contributed by atoms with Gasteiger partial charge in [0.15, 0.2) is 0 Å². The Hall–Kier alpha value is -2.16. The van der Waals surface area contributed by atoms with Gasteiger partial charge >= 0.3 is 0 Å². The number of thiazole rings is 1. The van der Waals surface area contributed by atoms with Gasteiger partial charge in [-0.3, -0.25) is 0 Å². The third-order valence-corrected chi connectivity index (χ3v) is 5.63. The molecule has 3 aromatic rings. The van der Waals surface area contributed by atoms with Crippen LogP contribution in [0.1, 0.15) is 5.01 Å². The first kappa shape index (κ1) is 17.3. The highest BCUT2D eigenvalue weighted by atomic mass is 35.5. The average Bonchev–Trinajstić information content (AvgIpc) is 3.15. The molecule has 1 aromatic heterocycles. The van der Waals surface area contributed by atoms with Gasteiger partial charge in [-0.1, -0.05) is 23.7 Å². The van der Waals surface area contributed by atoms with Crippen LogP contribution in [-0.4, -0.2) is 10.9 Å². The third kappa shape index (κ3) is 3.40. The highest BCUT2D eigenvalue weighted by Crippen LogP contribution is 2.42. The molecule has 0 unspecified atom stereocenters. The Bertz CT molecular complexity index is 993. The number of guanidine groups is 1. The second-order valence-corrected chi connectivity index (χ2v) is 7.53. The van der Waals surface area contributed by atoms with E-state index in [1.807, 2.05) is 5.38 Å². The summed E-state index contributed by atoms with van der Waals surface area (Å²) in [6.45, 7) is 0.511. The molecule has 0 bridgehead atoms. The van der Waals surface area contributed by atoms with Crippen molar-refractivity contribution in [1.29, 1.82) is 0 Å². The second-order valence-electron chi connectivity index (χ2n) is 5.36. The van der Waals surface area contributed by atoms with E-state index in [0.717, 1.165) is 17.0 Å². The van der Waals surface area contributed by atoms with Gasteiger partial charge in [0.1, 0.15) is 16.6 Å². The topological polar surface area (TPSA) is 49.3 Å². The molecular weight excluding hydrogens is 398 g/mol. The van der Waals surface area contributed by atoms with Crippen molar-refractivity contribution in [1.82, 2.24) is 10.3 Å². The van der Waals surface area contributed by atoms with Crippen molar-refractivity contribution < 1.29 is 8.78 Å². The lowest BCUT2D eigenvalue weighted by atomic mass is 10.0. The molecule has 132 valence electrons. The zero-order valence-electron chi connectivity index (χ0n) is 13.1. The van der Waals surface area contributed by atoms with Crippen molar-refractivity contribution in [2.45, 2.75) is 11.4 Å². The number of nitrogens with zero attached hydrogens (tertiary/aromatic N) is 2. The number of fused-ring (bicyclic) bond motifs is 1. The summed E-state index contributed by atoms with van der Waals surface area (Å²) >= 11 is 8.77. The number of aromatic nitrogens is 1. The lowest BCUT2D eigenvalue weighted by Crippen LogP contribution is -2.31. The Morgan fingerprint density at radius 3 is 2.88 bits per heavy atom. The van der Waals surface area contributed by atoms with Crippen LogP contribution in [0.5, 0.6) is 0 Å². The molecule has 0 aliphatic carbocycles. The van der Waals surface area contributed by atoms with Crippen LogP contribution in [0.3, 0.4) is 0 Å². The van der Waals surface area contributed by atoms with Crippen molar-refractivity contribution in [3.8, 4) is 11.1 Å². The Morgan fingerprint density at radius 1 is 1.19 bits per heavy atom. The highest BCUT2D eigenvalue weighted by molar-refractivity contribution is 7.98. The molecule has 0 spiro atoms. The Kier molecular flexibility index (Phi) is 4.80. The summed E-state index contributed by atoms with van der Waals surface area (Å²) in [7, 11) is 0. The van der Waals surface area contributed by atoms with Crippen LogP contribution in [0, 0.1) is 11.6 Å². The monoisotopic (exact) mass is 408 g/mol. The molecule has 2 aromatic carbocycles. The molecule has 0 fully saturated rings. The van der Waals surface area contributed by atoms with Gasteiger partial charge in [-0.15, -0.1) is 11.3 Å². The van der Waals surface area contributed by atoms with E-state index in [4.69, 9.17) is 11.6 Å². The summed E-state index contributed by atoms with van der Waals surface area (Å²) in [4.78, 5) is 4.80. The van der Waals surface area contributed by atoms with E-state index in [-0.39, 0.29) is 5.02 Å². The number of hydrogen-bond acceptors (Lipinski definition) is 6. The minimum Gasteiger partial charge on any atom is -0.349 e. The van der Waals surface area contributed by atoms with Crippen LogP contribution >= 0.6 is 34.9 Å².